The molecule has 0 amide bonds. The minimum Gasteiger partial charge on any atom is -0.250 e. The second-order valence-electron chi connectivity index (χ2n) is 2.84. The van der Waals surface area contributed by atoms with Crippen molar-refractivity contribution in [1.82, 2.24) is 4.98 Å². The van der Waals surface area contributed by atoms with Crippen LogP contribution in [0.3, 0.4) is 0 Å². The number of aromatic nitrogens is 1. The summed E-state index contributed by atoms with van der Waals surface area (Å²) in [6.45, 7) is 1.94. The van der Waals surface area contributed by atoms with E-state index in [4.69, 9.17) is 5.14 Å². The van der Waals surface area contributed by atoms with E-state index in [2.05, 4.69) is 4.98 Å². The molecule has 4 nitrogen and oxygen atoms in total. The van der Waals surface area contributed by atoms with Gasteiger partial charge in [-0.3, -0.25) is 0 Å². The number of pyridine rings is 1. The molecule has 0 unspecified atom stereocenters. The molecule has 0 aliphatic rings. The fraction of sp³-hybridized carbons (Fsp3) is 0.375. The molecule has 14 heavy (non-hydrogen) atoms. The highest BCUT2D eigenvalue weighted by Gasteiger charge is 2.04. The Balaban J connectivity index is 2.51. The molecule has 1 heterocycles. The molecule has 6 heteroatoms. The van der Waals surface area contributed by atoms with E-state index in [0.717, 1.165) is 10.6 Å². The highest BCUT2D eigenvalue weighted by molar-refractivity contribution is 8.00. The predicted octanol–water partition coefficient (Wildman–Crippen LogP) is 0.771. The van der Waals surface area contributed by atoms with Crippen LogP contribution in [-0.2, 0) is 10.0 Å². The molecular weight excluding hydrogens is 220 g/mol. The molecule has 0 spiro atoms. The van der Waals surface area contributed by atoms with Gasteiger partial charge in [0.05, 0.1) is 10.8 Å². The van der Waals surface area contributed by atoms with Crippen molar-refractivity contribution in [2.45, 2.75) is 11.9 Å². The lowest BCUT2D eigenvalue weighted by molar-refractivity contribution is 0.599. The van der Waals surface area contributed by atoms with Gasteiger partial charge in [-0.05, 0) is 18.6 Å². The van der Waals surface area contributed by atoms with Crippen LogP contribution in [0.4, 0.5) is 0 Å². The summed E-state index contributed by atoms with van der Waals surface area (Å²) in [6, 6.07) is 3.78. The Morgan fingerprint density at radius 1 is 1.57 bits per heavy atom. The molecule has 0 aromatic carbocycles. The number of hydrogen-bond donors (Lipinski definition) is 1. The molecule has 1 aromatic rings. The van der Waals surface area contributed by atoms with Crippen LogP contribution in [0.25, 0.3) is 0 Å². The van der Waals surface area contributed by atoms with E-state index in [9.17, 15) is 8.42 Å². The average Bonchev–Trinajstić information content (AvgIpc) is 2.06. The molecule has 78 valence electrons. The minimum absolute atomic E-state index is 0.0202. The van der Waals surface area contributed by atoms with Crippen LogP contribution in [-0.4, -0.2) is 24.9 Å². The van der Waals surface area contributed by atoms with Crippen LogP contribution in [0.15, 0.2) is 23.4 Å². The van der Waals surface area contributed by atoms with E-state index in [1.54, 1.807) is 6.20 Å². The van der Waals surface area contributed by atoms with E-state index in [1.165, 1.54) is 11.8 Å². The summed E-state index contributed by atoms with van der Waals surface area (Å²) in [7, 11) is -3.36. The van der Waals surface area contributed by atoms with Crippen LogP contribution in [0.1, 0.15) is 5.56 Å². The van der Waals surface area contributed by atoms with Gasteiger partial charge in [-0.1, -0.05) is 6.07 Å². The zero-order valence-electron chi connectivity index (χ0n) is 7.80. The van der Waals surface area contributed by atoms with Crippen molar-refractivity contribution in [2.75, 3.05) is 11.5 Å². The van der Waals surface area contributed by atoms with Crippen LogP contribution in [0.5, 0.6) is 0 Å². The first-order chi connectivity index (χ1) is 6.49. The molecular formula is C8H12N2O2S2. The van der Waals surface area contributed by atoms with Crippen LogP contribution < -0.4 is 5.14 Å². The molecule has 1 aromatic heterocycles. The molecule has 0 radical (unpaired) electrons. The van der Waals surface area contributed by atoms with Crippen LogP contribution in [0, 0.1) is 6.92 Å². The molecule has 2 N–H and O–H groups in total. The van der Waals surface area contributed by atoms with Gasteiger partial charge in [0.15, 0.2) is 0 Å². The van der Waals surface area contributed by atoms with Gasteiger partial charge in [0.25, 0.3) is 0 Å². The van der Waals surface area contributed by atoms with Gasteiger partial charge in [0.1, 0.15) is 0 Å². The molecule has 0 bridgehead atoms. The third-order valence-electron chi connectivity index (χ3n) is 1.57. The van der Waals surface area contributed by atoms with E-state index < -0.39 is 10.0 Å². The van der Waals surface area contributed by atoms with E-state index >= 15 is 0 Å². The smallest absolute Gasteiger partial charge is 0.209 e. The Labute approximate surface area is 88.0 Å². The highest BCUT2D eigenvalue weighted by atomic mass is 32.2. The van der Waals surface area contributed by atoms with Gasteiger partial charge in [-0.15, -0.1) is 11.8 Å². The summed E-state index contributed by atoms with van der Waals surface area (Å²) in [4.78, 5) is 4.13. The maximum atomic E-state index is 10.7. The third-order valence-corrected chi connectivity index (χ3v) is 3.71. The highest BCUT2D eigenvalue weighted by Crippen LogP contribution is 2.18. The monoisotopic (exact) mass is 232 g/mol. The molecule has 0 saturated heterocycles. The number of thioether (sulfide) groups is 1. The Morgan fingerprint density at radius 2 is 2.29 bits per heavy atom. The Morgan fingerprint density at radius 3 is 2.86 bits per heavy atom. The van der Waals surface area contributed by atoms with Gasteiger partial charge in [-0.2, -0.15) is 0 Å². The lowest BCUT2D eigenvalue weighted by Gasteiger charge is -2.02. The largest absolute Gasteiger partial charge is 0.250 e. The number of aryl methyl sites for hydroxylation is 1. The number of nitrogens with two attached hydrogens (primary N) is 1. The quantitative estimate of drug-likeness (QED) is 0.778. The fourth-order valence-corrected chi connectivity index (χ4v) is 2.76. The van der Waals surface area contributed by atoms with E-state index in [1.807, 2.05) is 19.1 Å². The SMILES string of the molecule is Cc1cccnc1SCCS(N)(=O)=O. The third kappa shape index (κ3) is 4.08. The summed E-state index contributed by atoms with van der Waals surface area (Å²) in [5.74, 6) is 0.421. The number of hydrogen-bond acceptors (Lipinski definition) is 4. The summed E-state index contributed by atoms with van der Waals surface area (Å²) < 4.78 is 21.3. The normalized spacial score (nSPS) is 11.6. The Bertz CT molecular complexity index is 404. The van der Waals surface area contributed by atoms with E-state index in [0.29, 0.717) is 5.75 Å². The molecule has 0 atom stereocenters. The first kappa shape index (κ1) is 11.5. The molecule has 0 aliphatic heterocycles. The van der Waals surface area contributed by atoms with Gasteiger partial charge in [0, 0.05) is 11.9 Å². The molecule has 1 rings (SSSR count). The van der Waals surface area contributed by atoms with E-state index in [-0.39, 0.29) is 5.75 Å². The number of sulfonamides is 1. The standard InChI is InChI=1S/C8H12N2O2S2/c1-7-3-2-4-10-8(7)13-5-6-14(9,11)12/h2-4H,5-6H2,1H3,(H2,9,11,12). The number of nitrogens with zero attached hydrogens (tertiary/aromatic N) is 1. The zero-order valence-corrected chi connectivity index (χ0v) is 9.44. The van der Waals surface area contributed by atoms with Crippen molar-refractivity contribution in [3.63, 3.8) is 0 Å². The Hall–Kier alpha value is -0.590. The number of primary sulfonamides is 1. The lowest BCUT2D eigenvalue weighted by Crippen LogP contribution is -2.17. The lowest BCUT2D eigenvalue weighted by atomic mass is 10.3. The first-order valence-electron chi connectivity index (χ1n) is 4.04. The second-order valence-corrected chi connectivity index (χ2v) is 5.66. The topological polar surface area (TPSA) is 73.0 Å². The number of rotatable bonds is 4. The fourth-order valence-electron chi connectivity index (χ4n) is 0.877. The first-order valence-corrected chi connectivity index (χ1v) is 6.74. The average molecular weight is 232 g/mol. The Kier molecular flexibility index (Phi) is 3.91. The second kappa shape index (κ2) is 4.77. The summed E-state index contributed by atoms with van der Waals surface area (Å²) in [5.41, 5.74) is 1.05. The molecule has 0 aliphatic carbocycles. The molecule has 0 saturated carbocycles. The summed E-state index contributed by atoms with van der Waals surface area (Å²) >= 11 is 1.40. The summed E-state index contributed by atoms with van der Waals surface area (Å²) in [6.07, 6.45) is 1.69. The zero-order chi connectivity index (χ0) is 10.6. The minimum atomic E-state index is -3.36. The van der Waals surface area contributed by atoms with Crippen molar-refractivity contribution in [3.05, 3.63) is 23.9 Å². The predicted molar refractivity (Wildman–Crippen MR) is 57.7 cm³/mol. The van der Waals surface area contributed by atoms with Gasteiger partial charge in [-0.25, -0.2) is 18.5 Å². The van der Waals surface area contributed by atoms with Crippen molar-refractivity contribution >= 4 is 21.8 Å². The van der Waals surface area contributed by atoms with Gasteiger partial charge < -0.3 is 0 Å². The molecule has 0 fully saturated rings. The van der Waals surface area contributed by atoms with Gasteiger partial charge in [0.2, 0.25) is 10.0 Å². The van der Waals surface area contributed by atoms with Crippen LogP contribution >= 0.6 is 11.8 Å². The van der Waals surface area contributed by atoms with Gasteiger partial charge >= 0.3 is 0 Å². The summed E-state index contributed by atoms with van der Waals surface area (Å²) in [5, 5.41) is 5.73. The van der Waals surface area contributed by atoms with Crippen molar-refractivity contribution in [1.29, 1.82) is 0 Å². The van der Waals surface area contributed by atoms with Crippen molar-refractivity contribution < 1.29 is 8.42 Å². The van der Waals surface area contributed by atoms with Crippen LogP contribution in [0.2, 0.25) is 0 Å². The van der Waals surface area contributed by atoms with Crippen molar-refractivity contribution in [3.8, 4) is 0 Å². The maximum Gasteiger partial charge on any atom is 0.209 e. The van der Waals surface area contributed by atoms with Crippen molar-refractivity contribution in [2.24, 2.45) is 5.14 Å². The maximum absolute atomic E-state index is 10.7.